The van der Waals surface area contributed by atoms with Crippen molar-refractivity contribution in [2.24, 2.45) is 5.73 Å². The lowest BCUT2D eigenvalue weighted by atomic mass is 10.1. The Morgan fingerprint density at radius 3 is 2.58 bits per heavy atom. The van der Waals surface area contributed by atoms with Gasteiger partial charge in [-0.15, -0.1) is 0 Å². The van der Waals surface area contributed by atoms with Crippen LogP contribution >= 0.6 is 0 Å². The van der Waals surface area contributed by atoms with E-state index in [-0.39, 0.29) is 17.8 Å². The predicted octanol–water partition coefficient (Wildman–Crippen LogP) is 1.35. The Bertz CT molecular complexity index is 675. The maximum atomic E-state index is 13.9. The lowest BCUT2D eigenvalue weighted by molar-refractivity contribution is 0.598. The van der Waals surface area contributed by atoms with Crippen LogP contribution in [-0.2, 0) is 6.54 Å². The first-order valence-corrected chi connectivity index (χ1v) is 5.82. The van der Waals surface area contributed by atoms with Crippen molar-refractivity contribution in [1.29, 1.82) is 0 Å². The second-order valence-corrected chi connectivity index (χ2v) is 4.02. The van der Waals surface area contributed by atoms with E-state index in [1.165, 1.54) is 18.2 Å². The SMILES string of the molecule is NCC#Cc1ccc(Cn2ccc(=O)cc2)c(F)c1. The number of pyridine rings is 1. The number of rotatable bonds is 2. The first-order chi connectivity index (χ1) is 9.19. The number of aromatic nitrogens is 1. The zero-order chi connectivity index (χ0) is 13.7. The molecule has 4 heteroatoms. The predicted molar refractivity (Wildman–Crippen MR) is 72.1 cm³/mol. The fourth-order valence-electron chi connectivity index (χ4n) is 1.65. The molecule has 0 aliphatic heterocycles. The maximum absolute atomic E-state index is 13.9. The van der Waals surface area contributed by atoms with E-state index < -0.39 is 0 Å². The Morgan fingerprint density at radius 2 is 1.95 bits per heavy atom. The number of hydrogen-bond acceptors (Lipinski definition) is 2. The van der Waals surface area contributed by atoms with Crippen LogP contribution in [0.3, 0.4) is 0 Å². The van der Waals surface area contributed by atoms with E-state index in [1.807, 2.05) is 0 Å². The summed E-state index contributed by atoms with van der Waals surface area (Å²) in [5, 5.41) is 0. The van der Waals surface area contributed by atoms with E-state index >= 15 is 0 Å². The highest BCUT2D eigenvalue weighted by Gasteiger charge is 2.03. The van der Waals surface area contributed by atoms with Crippen molar-refractivity contribution >= 4 is 0 Å². The van der Waals surface area contributed by atoms with Gasteiger partial charge >= 0.3 is 0 Å². The Kier molecular flexibility index (Phi) is 4.11. The first kappa shape index (κ1) is 13.1. The average Bonchev–Trinajstić information content (AvgIpc) is 2.41. The minimum atomic E-state index is -0.317. The topological polar surface area (TPSA) is 48.0 Å². The van der Waals surface area contributed by atoms with Crippen LogP contribution in [0.2, 0.25) is 0 Å². The zero-order valence-electron chi connectivity index (χ0n) is 10.3. The molecule has 0 spiro atoms. The van der Waals surface area contributed by atoms with Gasteiger partial charge in [0.15, 0.2) is 5.43 Å². The second-order valence-electron chi connectivity index (χ2n) is 4.02. The van der Waals surface area contributed by atoms with Gasteiger partial charge in [-0.05, 0) is 12.1 Å². The summed E-state index contributed by atoms with van der Waals surface area (Å²) in [6, 6.07) is 7.72. The molecular formula is C15H13FN2O. The highest BCUT2D eigenvalue weighted by molar-refractivity contribution is 5.37. The third kappa shape index (κ3) is 3.54. The largest absolute Gasteiger partial charge is 0.350 e. The average molecular weight is 256 g/mol. The molecule has 2 aromatic rings. The summed E-state index contributed by atoms with van der Waals surface area (Å²) >= 11 is 0. The van der Waals surface area contributed by atoms with Gasteiger partial charge < -0.3 is 10.3 Å². The van der Waals surface area contributed by atoms with E-state index in [9.17, 15) is 9.18 Å². The molecule has 0 saturated carbocycles. The third-order valence-electron chi connectivity index (χ3n) is 2.60. The van der Waals surface area contributed by atoms with Gasteiger partial charge in [0.2, 0.25) is 0 Å². The molecule has 2 N–H and O–H groups in total. The lowest BCUT2D eigenvalue weighted by Gasteiger charge is -2.07. The van der Waals surface area contributed by atoms with E-state index in [1.54, 1.807) is 29.1 Å². The molecule has 1 aromatic heterocycles. The Labute approximate surface area is 110 Å². The fourth-order valence-corrected chi connectivity index (χ4v) is 1.65. The molecule has 0 radical (unpaired) electrons. The van der Waals surface area contributed by atoms with Crippen LogP contribution in [-0.4, -0.2) is 11.1 Å². The summed E-state index contributed by atoms with van der Waals surface area (Å²) in [7, 11) is 0. The first-order valence-electron chi connectivity index (χ1n) is 5.82. The minimum Gasteiger partial charge on any atom is -0.350 e. The molecule has 2 rings (SSSR count). The number of halogens is 1. The standard InChI is InChI=1S/C15H13FN2O/c16-15-10-12(2-1-7-17)3-4-13(15)11-18-8-5-14(19)6-9-18/h3-6,8-10H,7,11,17H2. The zero-order valence-corrected chi connectivity index (χ0v) is 10.3. The van der Waals surface area contributed by atoms with Crippen molar-refractivity contribution in [1.82, 2.24) is 4.57 Å². The van der Waals surface area contributed by atoms with Gasteiger partial charge in [-0.25, -0.2) is 4.39 Å². The Morgan fingerprint density at radius 1 is 1.21 bits per heavy atom. The molecule has 3 nitrogen and oxygen atoms in total. The molecule has 1 heterocycles. The molecule has 0 bridgehead atoms. The summed E-state index contributed by atoms with van der Waals surface area (Å²) in [5.41, 5.74) is 6.34. The second kappa shape index (κ2) is 5.98. The highest BCUT2D eigenvalue weighted by Crippen LogP contribution is 2.11. The van der Waals surface area contributed by atoms with Gasteiger partial charge in [-0.3, -0.25) is 4.79 Å². The van der Waals surface area contributed by atoms with E-state index in [2.05, 4.69) is 11.8 Å². The number of hydrogen-bond donors (Lipinski definition) is 1. The molecule has 96 valence electrons. The molecule has 0 fully saturated rings. The van der Waals surface area contributed by atoms with Crippen molar-refractivity contribution in [2.75, 3.05) is 6.54 Å². The molecule has 0 saturated heterocycles. The van der Waals surface area contributed by atoms with Crippen LogP contribution in [0.1, 0.15) is 11.1 Å². The van der Waals surface area contributed by atoms with Crippen LogP contribution in [0.15, 0.2) is 47.5 Å². The lowest BCUT2D eigenvalue weighted by Crippen LogP contribution is -2.06. The molecule has 19 heavy (non-hydrogen) atoms. The molecule has 0 aliphatic carbocycles. The minimum absolute atomic E-state index is 0.0656. The smallest absolute Gasteiger partial charge is 0.181 e. The van der Waals surface area contributed by atoms with Crippen molar-refractivity contribution in [3.8, 4) is 11.8 Å². The van der Waals surface area contributed by atoms with Gasteiger partial charge in [0, 0.05) is 42.2 Å². The maximum Gasteiger partial charge on any atom is 0.181 e. The molecule has 0 amide bonds. The van der Waals surface area contributed by atoms with Crippen molar-refractivity contribution < 1.29 is 4.39 Å². The van der Waals surface area contributed by atoms with E-state index in [4.69, 9.17) is 5.73 Å². The van der Waals surface area contributed by atoms with Crippen LogP contribution in [0, 0.1) is 17.7 Å². The summed E-state index contributed by atoms with van der Waals surface area (Å²) in [6.45, 7) is 0.622. The number of nitrogens with two attached hydrogens (primary N) is 1. The Balaban J connectivity index is 2.21. The summed E-state index contributed by atoms with van der Waals surface area (Å²) in [5.74, 6) is 5.14. The van der Waals surface area contributed by atoms with Crippen LogP contribution in [0.5, 0.6) is 0 Å². The van der Waals surface area contributed by atoms with Crippen LogP contribution < -0.4 is 11.2 Å². The van der Waals surface area contributed by atoms with Gasteiger partial charge in [0.05, 0.1) is 6.54 Å². The monoisotopic (exact) mass is 256 g/mol. The number of benzene rings is 1. The molecule has 0 unspecified atom stereocenters. The molecule has 1 aromatic carbocycles. The van der Waals surface area contributed by atoms with Crippen molar-refractivity contribution in [3.05, 3.63) is 69.9 Å². The number of nitrogens with zero attached hydrogens (tertiary/aromatic N) is 1. The van der Waals surface area contributed by atoms with Gasteiger partial charge in [0.25, 0.3) is 0 Å². The summed E-state index contributed by atoms with van der Waals surface area (Å²) in [4.78, 5) is 11.0. The van der Waals surface area contributed by atoms with E-state index in [0.29, 0.717) is 17.7 Å². The van der Waals surface area contributed by atoms with Crippen molar-refractivity contribution in [2.45, 2.75) is 6.54 Å². The Hall–Kier alpha value is -2.38. The third-order valence-corrected chi connectivity index (χ3v) is 2.60. The van der Waals surface area contributed by atoms with Gasteiger partial charge in [-0.1, -0.05) is 17.9 Å². The van der Waals surface area contributed by atoms with E-state index in [0.717, 1.165) is 0 Å². The van der Waals surface area contributed by atoms with Crippen LogP contribution in [0.25, 0.3) is 0 Å². The molecular weight excluding hydrogens is 243 g/mol. The molecule has 0 atom stereocenters. The van der Waals surface area contributed by atoms with Crippen LogP contribution in [0.4, 0.5) is 4.39 Å². The normalized spacial score (nSPS) is 9.79. The van der Waals surface area contributed by atoms with Crippen molar-refractivity contribution in [3.63, 3.8) is 0 Å². The quantitative estimate of drug-likeness (QED) is 0.824. The summed E-state index contributed by atoms with van der Waals surface area (Å²) in [6.07, 6.45) is 3.26. The van der Waals surface area contributed by atoms with Gasteiger partial charge in [0.1, 0.15) is 5.82 Å². The van der Waals surface area contributed by atoms with Gasteiger partial charge in [-0.2, -0.15) is 0 Å². The fraction of sp³-hybridized carbons (Fsp3) is 0.133. The summed E-state index contributed by atoms with van der Waals surface area (Å²) < 4.78 is 15.6. The highest BCUT2D eigenvalue weighted by atomic mass is 19.1. The molecule has 0 aliphatic rings.